The predicted octanol–water partition coefficient (Wildman–Crippen LogP) is 1.46. The van der Waals surface area contributed by atoms with Gasteiger partial charge in [-0.15, -0.1) is 0 Å². The summed E-state index contributed by atoms with van der Waals surface area (Å²) in [6, 6.07) is 12.2. The van der Waals surface area contributed by atoms with Crippen LogP contribution in [0.1, 0.15) is 11.1 Å². The molecule has 0 saturated carbocycles. The van der Waals surface area contributed by atoms with Crippen molar-refractivity contribution >= 4 is 0 Å². The van der Waals surface area contributed by atoms with Crippen LogP contribution in [0.2, 0.25) is 0 Å². The smallest absolute Gasteiger partial charge is 0.123 e. The molecule has 2 unspecified atom stereocenters. The van der Waals surface area contributed by atoms with E-state index in [0.717, 1.165) is 24.2 Å². The van der Waals surface area contributed by atoms with E-state index in [0.29, 0.717) is 0 Å². The van der Waals surface area contributed by atoms with Gasteiger partial charge in [-0.1, -0.05) is 24.3 Å². The van der Waals surface area contributed by atoms with Crippen molar-refractivity contribution in [1.82, 2.24) is 10.4 Å². The lowest BCUT2D eigenvalue weighted by molar-refractivity contribution is 0.177. The second-order valence-corrected chi connectivity index (χ2v) is 4.81. The average molecular weight is 255 g/mol. The summed E-state index contributed by atoms with van der Waals surface area (Å²) in [5.41, 5.74) is 5.28. The summed E-state index contributed by atoms with van der Waals surface area (Å²) in [6.45, 7) is 0. The zero-order valence-electron chi connectivity index (χ0n) is 10.6. The number of nitrogens with zero attached hydrogens (tertiary/aromatic N) is 1. The summed E-state index contributed by atoms with van der Waals surface area (Å²) >= 11 is 0. The second kappa shape index (κ2) is 5.38. The number of hydrazine groups is 1. The van der Waals surface area contributed by atoms with Crippen LogP contribution in [0.3, 0.4) is 0 Å². The summed E-state index contributed by atoms with van der Waals surface area (Å²) in [5.74, 6) is 6.66. The highest BCUT2D eigenvalue weighted by Gasteiger charge is 2.29. The summed E-state index contributed by atoms with van der Waals surface area (Å²) in [7, 11) is 0. The number of hydrogen-bond acceptors (Lipinski definition) is 4. The summed E-state index contributed by atoms with van der Waals surface area (Å²) < 4.78 is 5.97. The highest BCUT2D eigenvalue weighted by molar-refractivity contribution is 5.37. The Balaban J connectivity index is 1.71. The first-order valence-corrected chi connectivity index (χ1v) is 6.46. The molecule has 1 aromatic carbocycles. The fourth-order valence-electron chi connectivity index (χ4n) is 2.50. The van der Waals surface area contributed by atoms with E-state index in [9.17, 15) is 0 Å². The van der Waals surface area contributed by atoms with Gasteiger partial charge in [-0.05, 0) is 29.7 Å². The maximum atomic E-state index is 5.97. The van der Waals surface area contributed by atoms with Crippen molar-refractivity contribution in [2.45, 2.75) is 25.0 Å². The molecule has 2 aromatic rings. The molecule has 0 amide bonds. The Morgan fingerprint density at radius 1 is 1.32 bits per heavy atom. The first kappa shape index (κ1) is 12.1. The third kappa shape index (κ3) is 2.59. The molecule has 2 heterocycles. The molecule has 0 bridgehead atoms. The number of benzene rings is 1. The molecule has 4 nitrogen and oxygen atoms in total. The van der Waals surface area contributed by atoms with E-state index in [2.05, 4.69) is 22.5 Å². The van der Waals surface area contributed by atoms with Crippen LogP contribution in [0, 0.1) is 0 Å². The van der Waals surface area contributed by atoms with Gasteiger partial charge in [0.05, 0.1) is 6.04 Å². The van der Waals surface area contributed by atoms with Crippen LogP contribution in [0.4, 0.5) is 0 Å². The summed E-state index contributed by atoms with van der Waals surface area (Å²) in [5, 5.41) is 0. The molecule has 1 aliphatic heterocycles. The zero-order chi connectivity index (χ0) is 13.1. The number of rotatable bonds is 4. The largest absolute Gasteiger partial charge is 0.488 e. The van der Waals surface area contributed by atoms with Gasteiger partial charge in [0.1, 0.15) is 11.9 Å². The first-order valence-electron chi connectivity index (χ1n) is 6.46. The van der Waals surface area contributed by atoms with Crippen LogP contribution in [0.25, 0.3) is 0 Å². The van der Waals surface area contributed by atoms with Gasteiger partial charge in [-0.25, -0.2) is 0 Å². The van der Waals surface area contributed by atoms with Crippen LogP contribution in [0.5, 0.6) is 5.75 Å². The Hall–Kier alpha value is -1.91. The number of nitrogens with two attached hydrogens (primary N) is 1. The molecule has 3 N–H and O–H groups in total. The van der Waals surface area contributed by atoms with Crippen LogP contribution < -0.4 is 16.0 Å². The topological polar surface area (TPSA) is 60.2 Å². The monoisotopic (exact) mass is 255 g/mol. The highest BCUT2D eigenvalue weighted by atomic mass is 16.5. The van der Waals surface area contributed by atoms with Crippen molar-refractivity contribution in [3.05, 3.63) is 59.9 Å². The number of fused-ring (bicyclic) bond motifs is 1. The predicted molar refractivity (Wildman–Crippen MR) is 73.6 cm³/mol. The van der Waals surface area contributed by atoms with Crippen LogP contribution in [-0.2, 0) is 12.8 Å². The Morgan fingerprint density at radius 3 is 2.95 bits per heavy atom. The first-order chi connectivity index (χ1) is 9.36. The van der Waals surface area contributed by atoms with Gasteiger partial charge in [0.25, 0.3) is 0 Å². The Labute approximate surface area is 112 Å². The molecule has 1 aromatic heterocycles. The van der Waals surface area contributed by atoms with E-state index >= 15 is 0 Å². The molecule has 98 valence electrons. The standard InChI is InChI=1S/C15H17N3O/c16-18-13(8-11-4-3-7-17-10-11)15-9-12-5-1-2-6-14(12)19-15/h1-7,10,13,15,18H,8-9,16H2. The Morgan fingerprint density at radius 2 is 2.21 bits per heavy atom. The minimum atomic E-state index is 0.0719. The maximum absolute atomic E-state index is 5.97. The quantitative estimate of drug-likeness (QED) is 0.641. The lowest BCUT2D eigenvalue weighted by Gasteiger charge is -2.22. The van der Waals surface area contributed by atoms with Gasteiger partial charge in [-0.3, -0.25) is 16.3 Å². The van der Waals surface area contributed by atoms with Gasteiger partial charge in [0, 0.05) is 18.8 Å². The lowest BCUT2D eigenvalue weighted by atomic mass is 9.99. The van der Waals surface area contributed by atoms with Crippen molar-refractivity contribution in [3.8, 4) is 5.75 Å². The van der Waals surface area contributed by atoms with Gasteiger partial charge >= 0.3 is 0 Å². The average Bonchev–Trinajstić information content (AvgIpc) is 2.89. The molecule has 0 aliphatic carbocycles. The van der Waals surface area contributed by atoms with Crippen LogP contribution >= 0.6 is 0 Å². The normalized spacial score (nSPS) is 18.7. The Bertz CT molecular complexity index is 519. The number of pyridine rings is 1. The molecule has 1 aliphatic rings. The lowest BCUT2D eigenvalue weighted by Crippen LogP contribution is -2.47. The molecule has 19 heavy (non-hydrogen) atoms. The van der Waals surface area contributed by atoms with Crippen LogP contribution in [-0.4, -0.2) is 17.1 Å². The van der Waals surface area contributed by atoms with E-state index < -0.39 is 0 Å². The minimum Gasteiger partial charge on any atom is -0.488 e. The second-order valence-electron chi connectivity index (χ2n) is 4.81. The van der Waals surface area contributed by atoms with Gasteiger partial charge in [0.2, 0.25) is 0 Å². The molecular weight excluding hydrogens is 238 g/mol. The van der Waals surface area contributed by atoms with Crippen molar-refractivity contribution in [2.24, 2.45) is 5.84 Å². The number of hydrogen-bond donors (Lipinski definition) is 2. The van der Waals surface area contributed by atoms with Gasteiger partial charge < -0.3 is 4.74 Å². The number of nitrogens with one attached hydrogen (secondary N) is 1. The molecule has 0 spiro atoms. The maximum Gasteiger partial charge on any atom is 0.123 e. The van der Waals surface area contributed by atoms with E-state index in [4.69, 9.17) is 10.6 Å². The fraction of sp³-hybridized carbons (Fsp3) is 0.267. The number of ether oxygens (including phenoxy) is 1. The highest BCUT2D eigenvalue weighted by Crippen LogP contribution is 2.30. The molecule has 4 heteroatoms. The fourth-order valence-corrected chi connectivity index (χ4v) is 2.50. The summed E-state index contributed by atoms with van der Waals surface area (Å²) in [6.07, 6.45) is 5.42. The van der Waals surface area contributed by atoms with E-state index in [1.54, 1.807) is 6.20 Å². The molecule has 3 rings (SSSR count). The van der Waals surface area contributed by atoms with Crippen molar-refractivity contribution in [2.75, 3.05) is 0 Å². The molecule has 0 fully saturated rings. The molecule has 0 radical (unpaired) electrons. The zero-order valence-corrected chi connectivity index (χ0v) is 10.6. The van der Waals surface area contributed by atoms with E-state index in [-0.39, 0.29) is 12.1 Å². The third-order valence-corrected chi connectivity index (χ3v) is 3.51. The molecule has 0 saturated heterocycles. The minimum absolute atomic E-state index is 0.0719. The van der Waals surface area contributed by atoms with E-state index in [1.165, 1.54) is 5.56 Å². The van der Waals surface area contributed by atoms with Crippen molar-refractivity contribution < 1.29 is 4.74 Å². The van der Waals surface area contributed by atoms with Gasteiger partial charge in [-0.2, -0.15) is 0 Å². The van der Waals surface area contributed by atoms with Crippen molar-refractivity contribution in [3.63, 3.8) is 0 Å². The van der Waals surface area contributed by atoms with Gasteiger partial charge in [0.15, 0.2) is 0 Å². The molecule has 2 atom stereocenters. The SMILES string of the molecule is NNC(Cc1cccnc1)C1Cc2ccccc2O1. The van der Waals surface area contributed by atoms with E-state index in [1.807, 2.05) is 30.5 Å². The summed E-state index contributed by atoms with van der Waals surface area (Å²) in [4.78, 5) is 4.13. The number of aromatic nitrogens is 1. The van der Waals surface area contributed by atoms with Crippen LogP contribution in [0.15, 0.2) is 48.8 Å². The number of para-hydroxylation sites is 1. The Kier molecular flexibility index (Phi) is 3.44. The van der Waals surface area contributed by atoms with Crippen molar-refractivity contribution in [1.29, 1.82) is 0 Å². The molecular formula is C15H17N3O. The third-order valence-electron chi connectivity index (χ3n) is 3.51.